The smallest absolute Gasteiger partial charge is 0.345 e. The molecule has 208 valence electrons. The van der Waals surface area contributed by atoms with E-state index in [1.165, 1.54) is 31.2 Å². The van der Waals surface area contributed by atoms with Gasteiger partial charge >= 0.3 is 5.97 Å². The molecule has 0 spiro atoms. The number of ketones is 1. The fourth-order valence-electron chi connectivity index (χ4n) is 5.13. The van der Waals surface area contributed by atoms with Crippen molar-refractivity contribution in [2.75, 3.05) is 0 Å². The number of esters is 1. The molecule has 4 rings (SSSR count). The maximum atomic E-state index is 13.8. The molecule has 1 aliphatic rings. The van der Waals surface area contributed by atoms with Crippen LogP contribution in [0.1, 0.15) is 79.1 Å². The highest BCUT2D eigenvalue weighted by Gasteiger charge is 2.48. The molecule has 0 fully saturated rings. The number of Topliss-reactive ketones (excluding diaryl/α,β-unsaturated/α-hetero) is 1. The predicted octanol–water partition coefficient (Wildman–Crippen LogP) is 7.42. The van der Waals surface area contributed by atoms with E-state index >= 15 is 0 Å². The Labute approximate surface area is 233 Å². The summed E-state index contributed by atoms with van der Waals surface area (Å²) in [5.41, 5.74) is 4.22. The Morgan fingerprint density at radius 3 is 2.35 bits per heavy atom. The highest BCUT2D eigenvalue weighted by atomic mass is 16.7. The van der Waals surface area contributed by atoms with Crippen LogP contribution < -0.4 is 4.74 Å². The fourth-order valence-corrected chi connectivity index (χ4v) is 5.13. The van der Waals surface area contributed by atoms with Crippen molar-refractivity contribution in [2.24, 2.45) is 0 Å². The Bertz CT molecular complexity index is 1510. The van der Waals surface area contributed by atoms with Gasteiger partial charge in [-0.05, 0) is 68.5 Å². The Balaban J connectivity index is 2.02. The van der Waals surface area contributed by atoms with Crippen molar-refractivity contribution in [1.29, 1.82) is 0 Å². The van der Waals surface area contributed by atoms with Crippen LogP contribution >= 0.6 is 0 Å². The van der Waals surface area contributed by atoms with Crippen LogP contribution in [0, 0.1) is 17.0 Å². The average molecular weight is 544 g/mol. The van der Waals surface area contributed by atoms with Crippen molar-refractivity contribution < 1.29 is 29.1 Å². The van der Waals surface area contributed by atoms with Gasteiger partial charge < -0.3 is 14.6 Å². The molecule has 0 radical (unpaired) electrons. The molecule has 1 atom stereocenters. The van der Waals surface area contributed by atoms with Crippen molar-refractivity contribution in [3.63, 3.8) is 0 Å². The van der Waals surface area contributed by atoms with Crippen LogP contribution in [0.2, 0.25) is 0 Å². The van der Waals surface area contributed by atoms with E-state index in [4.69, 9.17) is 9.47 Å². The normalized spacial score (nSPS) is 16.1. The van der Waals surface area contributed by atoms with E-state index < -0.39 is 16.7 Å². The van der Waals surface area contributed by atoms with E-state index in [1.54, 1.807) is 6.07 Å². The van der Waals surface area contributed by atoms with Gasteiger partial charge in [0, 0.05) is 17.7 Å². The number of benzene rings is 3. The van der Waals surface area contributed by atoms with Crippen LogP contribution in [-0.2, 0) is 21.7 Å². The first-order valence-corrected chi connectivity index (χ1v) is 13.3. The molecule has 1 N–H and O–H groups in total. The van der Waals surface area contributed by atoms with Gasteiger partial charge in [0.05, 0.1) is 16.9 Å². The standard InChI is InChI=1S/C32H33NO7/c1-6-7-8-9-22-17-27(35)29(26-16-20(4)10-15-25(26)19(2)3)30-28(22)31(36)40-32(39-30,18-21(5)34)23-11-13-24(14-12-23)33(37)38/h10-17,35H,2,6-9,18H2,1,3-5H3. The van der Waals surface area contributed by atoms with E-state index in [0.717, 1.165) is 36.0 Å². The molecule has 3 aromatic rings. The first-order chi connectivity index (χ1) is 19.0. The predicted molar refractivity (Wildman–Crippen MR) is 152 cm³/mol. The molecular weight excluding hydrogens is 510 g/mol. The van der Waals surface area contributed by atoms with Gasteiger partial charge in [-0.1, -0.05) is 55.7 Å². The number of aromatic hydroxyl groups is 1. The van der Waals surface area contributed by atoms with Gasteiger partial charge in [-0.25, -0.2) is 4.79 Å². The maximum Gasteiger partial charge on any atom is 0.345 e. The molecule has 0 aliphatic carbocycles. The molecule has 0 amide bonds. The number of hydrogen-bond donors (Lipinski definition) is 1. The first-order valence-electron chi connectivity index (χ1n) is 13.3. The zero-order chi connectivity index (χ0) is 29.2. The van der Waals surface area contributed by atoms with Gasteiger partial charge in [-0.2, -0.15) is 0 Å². The lowest BCUT2D eigenvalue weighted by Crippen LogP contribution is -2.44. The quantitative estimate of drug-likeness (QED) is 0.122. The Morgan fingerprint density at radius 2 is 1.75 bits per heavy atom. The Hall–Kier alpha value is -4.46. The van der Waals surface area contributed by atoms with Crippen LogP contribution in [0.15, 0.2) is 55.1 Å². The number of nitrogens with zero attached hydrogens (tertiary/aromatic N) is 1. The Morgan fingerprint density at radius 1 is 1.05 bits per heavy atom. The minimum atomic E-state index is -1.89. The van der Waals surface area contributed by atoms with Crippen molar-refractivity contribution >= 4 is 23.0 Å². The number of ether oxygens (including phenoxy) is 2. The average Bonchev–Trinajstić information content (AvgIpc) is 2.88. The first kappa shape index (κ1) is 28.5. The summed E-state index contributed by atoms with van der Waals surface area (Å²) < 4.78 is 12.5. The van der Waals surface area contributed by atoms with E-state index in [1.807, 2.05) is 32.0 Å². The van der Waals surface area contributed by atoms with Crippen LogP contribution in [0.25, 0.3) is 16.7 Å². The van der Waals surface area contributed by atoms with Crippen molar-refractivity contribution in [3.05, 3.63) is 93.0 Å². The van der Waals surface area contributed by atoms with Crippen molar-refractivity contribution in [2.45, 2.75) is 65.6 Å². The third kappa shape index (κ3) is 5.47. The zero-order valence-corrected chi connectivity index (χ0v) is 23.2. The number of non-ortho nitro benzene ring substituents is 1. The summed E-state index contributed by atoms with van der Waals surface area (Å²) in [6, 6.07) is 12.7. The van der Waals surface area contributed by atoms with Gasteiger partial charge in [0.15, 0.2) is 5.75 Å². The molecule has 0 bridgehead atoms. The minimum Gasteiger partial charge on any atom is -0.507 e. The highest BCUT2D eigenvalue weighted by molar-refractivity contribution is 6.01. The number of carbonyl (C=O) groups is 2. The van der Waals surface area contributed by atoms with Crippen LogP contribution in [0.3, 0.4) is 0 Å². The number of carbonyl (C=O) groups excluding carboxylic acids is 2. The number of cyclic esters (lactones) is 1. The number of phenolic OH excluding ortho intramolecular Hbond substituents is 1. The summed E-state index contributed by atoms with van der Waals surface area (Å²) in [6.45, 7) is 11.3. The van der Waals surface area contributed by atoms with E-state index in [2.05, 4.69) is 13.5 Å². The lowest BCUT2D eigenvalue weighted by Gasteiger charge is -2.39. The summed E-state index contributed by atoms with van der Waals surface area (Å²) in [4.78, 5) is 37.1. The lowest BCUT2D eigenvalue weighted by molar-refractivity contribution is -0.384. The third-order valence-corrected chi connectivity index (χ3v) is 7.02. The number of hydrogen-bond acceptors (Lipinski definition) is 7. The maximum absolute atomic E-state index is 13.8. The highest BCUT2D eigenvalue weighted by Crippen LogP contribution is 2.51. The number of phenols is 1. The third-order valence-electron chi connectivity index (χ3n) is 7.02. The summed E-state index contributed by atoms with van der Waals surface area (Å²) in [6.07, 6.45) is 2.87. The molecule has 0 aromatic heterocycles. The van der Waals surface area contributed by atoms with Crippen LogP contribution in [0.5, 0.6) is 11.5 Å². The molecule has 0 saturated heterocycles. The topological polar surface area (TPSA) is 116 Å². The lowest BCUT2D eigenvalue weighted by atomic mass is 9.88. The molecule has 1 aliphatic heterocycles. The second-order valence-electron chi connectivity index (χ2n) is 10.3. The second-order valence-corrected chi connectivity index (χ2v) is 10.3. The van der Waals surface area contributed by atoms with Gasteiger partial charge in [-0.3, -0.25) is 14.9 Å². The Kier molecular flexibility index (Phi) is 8.09. The number of nitro groups is 1. The number of aryl methyl sites for hydroxylation is 2. The number of allylic oxidation sites excluding steroid dienone is 1. The summed E-state index contributed by atoms with van der Waals surface area (Å²) in [5.74, 6) is -2.87. The number of unbranched alkanes of at least 4 members (excludes halogenated alkanes) is 2. The summed E-state index contributed by atoms with van der Waals surface area (Å²) in [5, 5.41) is 22.7. The van der Waals surface area contributed by atoms with Crippen molar-refractivity contribution in [3.8, 4) is 22.6 Å². The molecule has 0 saturated carbocycles. The van der Waals surface area contributed by atoms with Crippen LogP contribution in [0.4, 0.5) is 5.69 Å². The summed E-state index contributed by atoms with van der Waals surface area (Å²) >= 11 is 0. The number of fused-ring (bicyclic) bond motifs is 1. The molecule has 3 aromatic carbocycles. The largest absolute Gasteiger partial charge is 0.507 e. The van der Waals surface area contributed by atoms with Gasteiger partial charge in [0.1, 0.15) is 17.1 Å². The minimum absolute atomic E-state index is 0.0755. The van der Waals surface area contributed by atoms with E-state index in [0.29, 0.717) is 23.1 Å². The summed E-state index contributed by atoms with van der Waals surface area (Å²) in [7, 11) is 0. The molecule has 40 heavy (non-hydrogen) atoms. The molecule has 8 nitrogen and oxygen atoms in total. The van der Waals surface area contributed by atoms with Crippen molar-refractivity contribution in [1.82, 2.24) is 0 Å². The second kappa shape index (κ2) is 11.3. The number of rotatable bonds is 10. The van der Waals surface area contributed by atoms with E-state index in [-0.39, 0.29) is 40.5 Å². The molecule has 8 heteroatoms. The van der Waals surface area contributed by atoms with E-state index in [9.17, 15) is 24.8 Å². The van der Waals surface area contributed by atoms with Gasteiger partial charge in [-0.15, -0.1) is 0 Å². The van der Waals surface area contributed by atoms with Gasteiger partial charge in [0.25, 0.3) is 11.5 Å². The molecular formula is C32H33NO7. The SMILES string of the molecule is C=C(C)c1ccc(C)cc1-c1c(O)cc(CCCCC)c2c1OC(CC(C)=O)(c1ccc([N+](=O)[O-])cc1)OC2=O. The van der Waals surface area contributed by atoms with Gasteiger partial charge in [0.2, 0.25) is 0 Å². The molecule has 1 heterocycles. The monoisotopic (exact) mass is 543 g/mol. The molecule has 1 unspecified atom stereocenters. The zero-order valence-electron chi connectivity index (χ0n) is 23.2. The number of nitro benzene ring substituents is 1. The van der Waals surface area contributed by atoms with Crippen LogP contribution in [-0.4, -0.2) is 21.8 Å². The fraction of sp³-hybridized carbons (Fsp3) is 0.312.